The van der Waals surface area contributed by atoms with Crippen LogP contribution in [0.15, 0.2) is 24.4 Å². The SMILES string of the molecule is O=C(OCC(F)(F)F)N1CCC(C(=O)N(Cc2ccccn2)[C@@H]2CCSC2)CC1. The number of nitrogens with zero attached hydrogens (tertiary/aromatic N) is 3. The summed E-state index contributed by atoms with van der Waals surface area (Å²) in [6.45, 7) is -0.728. The number of amides is 2. The fraction of sp³-hybridized carbons (Fsp3) is 0.632. The van der Waals surface area contributed by atoms with Crippen LogP contribution in [0.5, 0.6) is 0 Å². The maximum absolute atomic E-state index is 13.2. The second kappa shape index (κ2) is 9.69. The lowest BCUT2D eigenvalue weighted by molar-refractivity contribution is -0.162. The highest BCUT2D eigenvalue weighted by Gasteiger charge is 2.36. The summed E-state index contributed by atoms with van der Waals surface area (Å²) in [7, 11) is 0. The first-order valence-corrected chi connectivity index (χ1v) is 10.8. The topological polar surface area (TPSA) is 62.7 Å². The molecule has 0 aromatic carbocycles. The Labute approximate surface area is 171 Å². The Kier molecular flexibility index (Phi) is 7.26. The van der Waals surface area contributed by atoms with E-state index < -0.39 is 18.9 Å². The summed E-state index contributed by atoms with van der Waals surface area (Å²) in [6, 6.07) is 5.76. The summed E-state index contributed by atoms with van der Waals surface area (Å²) in [6.07, 6.45) is -2.06. The van der Waals surface area contributed by atoms with Gasteiger partial charge in [-0.05, 0) is 37.1 Å². The summed E-state index contributed by atoms with van der Waals surface area (Å²) in [5.41, 5.74) is 0.825. The van der Waals surface area contributed by atoms with Crippen molar-refractivity contribution in [3.05, 3.63) is 30.1 Å². The Hall–Kier alpha value is -1.97. The second-order valence-electron chi connectivity index (χ2n) is 7.24. The Morgan fingerprint density at radius 1 is 1.24 bits per heavy atom. The quantitative estimate of drug-likeness (QED) is 0.716. The van der Waals surface area contributed by atoms with E-state index in [4.69, 9.17) is 0 Å². The lowest BCUT2D eigenvalue weighted by Gasteiger charge is -2.36. The van der Waals surface area contributed by atoms with Gasteiger partial charge in [0.05, 0.1) is 12.2 Å². The standard InChI is InChI=1S/C19H24F3N3O3S/c20-19(21,22)13-28-18(27)24-8-4-14(5-9-24)17(26)25(16-6-10-29-12-16)11-15-3-1-2-7-23-15/h1-3,7,14,16H,4-6,8-13H2/t16-/m1/s1. The van der Waals surface area contributed by atoms with E-state index >= 15 is 0 Å². The van der Waals surface area contributed by atoms with Crippen LogP contribution in [0.1, 0.15) is 25.0 Å². The Morgan fingerprint density at radius 2 is 2.00 bits per heavy atom. The summed E-state index contributed by atoms with van der Waals surface area (Å²) < 4.78 is 40.9. The van der Waals surface area contributed by atoms with Crippen molar-refractivity contribution in [1.82, 2.24) is 14.8 Å². The van der Waals surface area contributed by atoms with E-state index in [1.807, 2.05) is 34.9 Å². The molecule has 2 amide bonds. The van der Waals surface area contributed by atoms with Gasteiger partial charge in [0.15, 0.2) is 6.61 Å². The minimum atomic E-state index is -4.55. The van der Waals surface area contributed by atoms with Crippen LogP contribution >= 0.6 is 11.8 Å². The predicted molar refractivity (Wildman–Crippen MR) is 102 cm³/mol. The predicted octanol–water partition coefficient (Wildman–Crippen LogP) is 3.33. The maximum Gasteiger partial charge on any atom is 0.422 e. The number of aromatic nitrogens is 1. The number of halogens is 3. The molecule has 2 aliphatic rings. The van der Waals surface area contributed by atoms with Crippen molar-refractivity contribution < 1.29 is 27.5 Å². The lowest BCUT2D eigenvalue weighted by Crippen LogP contribution is -2.47. The number of carbonyl (C=O) groups is 2. The second-order valence-corrected chi connectivity index (χ2v) is 8.39. The van der Waals surface area contributed by atoms with E-state index in [2.05, 4.69) is 9.72 Å². The molecule has 0 unspecified atom stereocenters. The Balaban J connectivity index is 1.57. The van der Waals surface area contributed by atoms with Crippen LogP contribution in [0.25, 0.3) is 0 Å². The van der Waals surface area contributed by atoms with Gasteiger partial charge < -0.3 is 14.5 Å². The van der Waals surface area contributed by atoms with Crippen LogP contribution in [0.4, 0.5) is 18.0 Å². The molecule has 10 heteroatoms. The van der Waals surface area contributed by atoms with Crippen LogP contribution in [-0.2, 0) is 16.1 Å². The minimum Gasteiger partial charge on any atom is -0.440 e. The zero-order valence-electron chi connectivity index (χ0n) is 15.9. The van der Waals surface area contributed by atoms with Gasteiger partial charge in [-0.15, -0.1) is 0 Å². The molecule has 0 spiro atoms. The van der Waals surface area contributed by atoms with Gasteiger partial charge in [0.1, 0.15) is 0 Å². The molecule has 3 heterocycles. The Morgan fingerprint density at radius 3 is 2.59 bits per heavy atom. The normalized spacial score (nSPS) is 20.5. The van der Waals surface area contributed by atoms with Crippen LogP contribution in [-0.4, -0.2) is 70.2 Å². The molecule has 6 nitrogen and oxygen atoms in total. The average Bonchev–Trinajstić information content (AvgIpc) is 3.24. The number of alkyl halides is 3. The van der Waals surface area contributed by atoms with Gasteiger partial charge in [-0.3, -0.25) is 9.78 Å². The number of hydrogen-bond donors (Lipinski definition) is 0. The first-order valence-electron chi connectivity index (χ1n) is 9.60. The molecule has 1 aromatic heterocycles. The molecule has 2 saturated heterocycles. The van der Waals surface area contributed by atoms with Crippen LogP contribution in [0.3, 0.4) is 0 Å². The van der Waals surface area contributed by atoms with Crippen LogP contribution in [0.2, 0.25) is 0 Å². The van der Waals surface area contributed by atoms with Crippen LogP contribution < -0.4 is 0 Å². The van der Waals surface area contributed by atoms with E-state index in [0.717, 1.165) is 23.6 Å². The molecular weight excluding hydrogens is 407 g/mol. The van der Waals surface area contributed by atoms with Crippen molar-refractivity contribution in [2.24, 2.45) is 5.92 Å². The number of rotatable bonds is 5. The third-order valence-electron chi connectivity index (χ3n) is 5.15. The number of thioether (sulfide) groups is 1. The number of ether oxygens (including phenoxy) is 1. The number of hydrogen-bond acceptors (Lipinski definition) is 5. The number of carbonyl (C=O) groups excluding carboxylic acids is 2. The van der Waals surface area contributed by atoms with Gasteiger partial charge in [0, 0.05) is 37.0 Å². The van der Waals surface area contributed by atoms with Gasteiger partial charge in [-0.2, -0.15) is 24.9 Å². The highest BCUT2D eigenvalue weighted by Crippen LogP contribution is 2.28. The fourth-order valence-electron chi connectivity index (χ4n) is 3.60. The first-order chi connectivity index (χ1) is 13.8. The van der Waals surface area contributed by atoms with E-state index in [1.165, 1.54) is 4.90 Å². The molecule has 0 bridgehead atoms. The highest BCUT2D eigenvalue weighted by atomic mass is 32.2. The molecule has 160 valence electrons. The molecule has 3 rings (SSSR count). The summed E-state index contributed by atoms with van der Waals surface area (Å²) in [5, 5.41) is 0. The molecule has 1 atom stereocenters. The molecule has 0 aliphatic carbocycles. The maximum atomic E-state index is 13.2. The molecule has 1 aromatic rings. The first kappa shape index (κ1) is 21.7. The van der Waals surface area contributed by atoms with Gasteiger partial charge >= 0.3 is 12.3 Å². The summed E-state index contributed by atoms with van der Waals surface area (Å²) >= 11 is 1.82. The monoisotopic (exact) mass is 431 g/mol. The summed E-state index contributed by atoms with van der Waals surface area (Å²) in [5.74, 6) is 1.68. The van der Waals surface area contributed by atoms with Gasteiger partial charge in [-0.25, -0.2) is 4.79 Å². The van der Waals surface area contributed by atoms with Crippen molar-refractivity contribution >= 4 is 23.8 Å². The molecule has 0 N–H and O–H groups in total. The lowest BCUT2D eigenvalue weighted by atomic mass is 9.94. The zero-order valence-corrected chi connectivity index (χ0v) is 16.8. The zero-order chi connectivity index (χ0) is 20.9. The van der Waals surface area contributed by atoms with Crippen molar-refractivity contribution in [3.63, 3.8) is 0 Å². The summed E-state index contributed by atoms with van der Waals surface area (Å²) in [4.78, 5) is 32.5. The molecule has 2 aliphatic heterocycles. The Bertz CT molecular complexity index is 691. The van der Waals surface area contributed by atoms with E-state index in [-0.39, 0.29) is 31.0 Å². The minimum absolute atomic E-state index is 0.0338. The average molecular weight is 431 g/mol. The van der Waals surface area contributed by atoms with Crippen LogP contribution in [0, 0.1) is 5.92 Å². The molecule has 29 heavy (non-hydrogen) atoms. The van der Waals surface area contributed by atoms with Gasteiger partial charge in [0.25, 0.3) is 0 Å². The third-order valence-corrected chi connectivity index (χ3v) is 6.29. The smallest absolute Gasteiger partial charge is 0.422 e. The van der Waals surface area contributed by atoms with E-state index in [1.54, 1.807) is 6.20 Å². The largest absolute Gasteiger partial charge is 0.440 e. The van der Waals surface area contributed by atoms with E-state index in [0.29, 0.717) is 19.4 Å². The molecular formula is C19H24F3N3O3S. The number of pyridine rings is 1. The van der Waals surface area contributed by atoms with Gasteiger partial charge in [-0.1, -0.05) is 6.07 Å². The molecule has 0 radical (unpaired) electrons. The molecule has 2 fully saturated rings. The van der Waals surface area contributed by atoms with Crippen molar-refractivity contribution in [3.8, 4) is 0 Å². The number of likely N-dealkylation sites (tertiary alicyclic amines) is 1. The van der Waals surface area contributed by atoms with Crippen molar-refractivity contribution in [2.45, 2.75) is 38.0 Å². The van der Waals surface area contributed by atoms with Crippen molar-refractivity contribution in [2.75, 3.05) is 31.2 Å². The fourth-order valence-corrected chi connectivity index (χ4v) is 4.82. The number of piperidine rings is 1. The highest BCUT2D eigenvalue weighted by molar-refractivity contribution is 7.99. The van der Waals surface area contributed by atoms with E-state index in [9.17, 15) is 22.8 Å². The molecule has 0 saturated carbocycles. The third kappa shape index (κ3) is 6.25. The van der Waals surface area contributed by atoms with Crippen molar-refractivity contribution in [1.29, 1.82) is 0 Å². The van der Waals surface area contributed by atoms with Gasteiger partial charge in [0.2, 0.25) is 5.91 Å².